The number of hydrogen-bond acceptors (Lipinski definition) is 4. The standard InChI is InChI=1S/C10H22N2O3S.ClH/c1-9(15-2)8-16(13,14)12-7-10-4-3-5-11-6-10;/h9-12H,3-8H2,1-2H3;1H. The third-order valence-electron chi connectivity index (χ3n) is 2.85. The van der Waals surface area contributed by atoms with Gasteiger partial charge in [-0.1, -0.05) is 0 Å². The van der Waals surface area contributed by atoms with E-state index < -0.39 is 10.0 Å². The Kier molecular flexibility index (Phi) is 8.32. The lowest BCUT2D eigenvalue weighted by Crippen LogP contribution is -2.40. The minimum absolute atomic E-state index is 0. The molecule has 0 spiro atoms. The van der Waals surface area contributed by atoms with Gasteiger partial charge in [0.15, 0.2) is 0 Å². The second-order valence-electron chi connectivity index (χ2n) is 4.39. The van der Waals surface area contributed by atoms with Gasteiger partial charge in [0.25, 0.3) is 0 Å². The third kappa shape index (κ3) is 7.21. The minimum atomic E-state index is -3.20. The molecule has 104 valence electrons. The molecule has 0 bridgehead atoms. The smallest absolute Gasteiger partial charge is 0.214 e. The van der Waals surface area contributed by atoms with E-state index in [9.17, 15) is 8.42 Å². The Labute approximate surface area is 110 Å². The first-order valence-electron chi connectivity index (χ1n) is 5.74. The molecule has 0 aromatic carbocycles. The predicted octanol–water partition coefficient (Wildman–Crippen LogP) is 0.362. The number of ether oxygens (including phenoxy) is 1. The summed E-state index contributed by atoms with van der Waals surface area (Å²) >= 11 is 0. The SMILES string of the molecule is COC(C)CS(=O)(=O)NCC1CCCNC1.Cl. The minimum Gasteiger partial charge on any atom is -0.381 e. The third-order valence-corrected chi connectivity index (χ3v) is 4.36. The fraction of sp³-hybridized carbons (Fsp3) is 1.00. The first kappa shape index (κ1) is 17.1. The molecular weight excluding hydrogens is 264 g/mol. The van der Waals surface area contributed by atoms with Crippen molar-refractivity contribution in [2.45, 2.75) is 25.9 Å². The van der Waals surface area contributed by atoms with Crippen molar-refractivity contribution in [3.63, 3.8) is 0 Å². The average Bonchev–Trinajstić information content (AvgIpc) is 2.27. The van der Waals surface area contributed by atoms with Gasteiger partial charge in [0, 0.05) is 13.7 Å². The molecule has 2 unspecified atom stereocenters. The second kappa shape index (κ2) is 8.26. The molecule has 5 nitrogen and oxygen atoms in total. The molecule has 0 aliphatic carbocycles. The number of nitrogens with one attached hydrogen (secondary N) is 2. The number of hydrogen-bond donors (Lipinski definition) is 2. The van der Waals surface area contributed by atoms with E-state index >= 15 is 0 Å². The Morgan fingerprint density at radius 2 is 2.24 bits per heavy atom. The van der Waals surface area contributed by atoms with E-state index in [0.29, 0.717) is 12.5 Å². The quantitative estimate of drug-likeness (QED) is 0.740. The molecule has 1 fully saturated rings. The summed E-state index contributed by atoms with van der Waals surface area (Å²) in [6, 6.07) is 0. The number of halogens is 1. The Hall–Kier alpha value is 0.120. The van der Waals surface area contributed by atoms with Crippen LogP contribution in [0.4, 0.5) is 0 Å². The van der Waals surface area contributed by atoms with Crippen LogP contribution in [0.3, 0.4) is 0 Å². The molecule has 0 aromatic heterocycles. The summed E-state index contributed by atoms with van der Waals surface area (Å²) in [6.45, 7) is 4.24. The van der Waals surface area contributed by atoms with E-state index in [2.05, 4.69) is 10.0 Å². The highest BCUT2D eigenvalue weighted by Gasteiger charge is 2.18. The van der Waals surface area contributed by atoms with Gasteiger partial charge in [0.2, 0.25) is 10.0 Å². The lowest BCUT2D eigenvalue weighted by atomic mass is 10.0. The van der Waals surface area contributed by atoms with Crippen LogP contribution in [0.2, 0.25) is 0 Å². The van der Waals surface area contributed by atoms with Crippen molar-refractivity contribution in [3.05, 3.63) is 0 Å². The zero-order valence-electron chi connectivity index (χ0n) is 10.4. The summed E-state index contributed by atoms with van der Waals surface area (Å²) in [4.78, 5) is 0. The Morgan fingerprint density at radius 3 is 2.76 bits per heavy atom. The summed E-state index contributed by atoms with van der Waals surface area (Å²) in [5, 5.41) is 3.26. The van der Waals surface area contributed by atoms with Crippen LogP contribution in [0.25, 0.3) is 0 Å². The monoisotopic (exact) mass is 286 g/mol. The summed E-state index contributed by atoms with van der Waals surface area (Å²) in [7, 11) is -1.68. The lowest BCUT2D eigenvalue weighted by molar-refractivity contribution is 0.136. The van der Waals surface area contributed by atoms with Crippen molar-refractivity contribution < 1.29 is 13.2 Å². The van der Waals surface area contributed by atoms with Crippen LogP contribution >= 0.6 is 12.4 Å². The Morgan fingerprint density at radius 1 is 1.53 bits per heavy atom. The second-order valence-corrected chi connectivity index (χ2v) is 6.24. The maximum Gasteiger partial charge on any atom is 0.214 e. The van der Waals surface area contributed by atoms with E-state index in [1.807, 2.05) is 0 Å². The maximum absolute atomic E-state index is 11.6. The fourth-order valence-corrected chi connectivity index (χ4v) is 3.14. The molecule has 0 amide bonds. The van der Waals surface area contributed by atoms with Crippen LogP contribution in [0.5, 0.6) is 0 Å². The van der Waals surface area contributed by atoms with Gasteiger partial charge in [-0.2, -0.15) is 0 Å². The molecule has 0 saturated carbocycles. The van der Waals surface area contributed by atoms with E-state index in [1.165, 1.54) is 7.11 Å². The highest BCUT2D eigenvalue weighted by molar-refractivity contribution is 7.89. The van der Waals surface area contributed by atoms with Gasteiger partial charge in [0.1, 0.15) is 0 Å². The van der Waals surface area contributed by atoms with Crippen LogP contribution in [-0.4, -0.2) is 47.0 Å². The van der Waals surface area contributed by atoms with Crippen LogP contribution < -0.4 is 10.0 Å². The van der Waals surface area contributed by atoms with E-state index in [1.54, 1.807) is 6.92 Å². The molecular formula is C10H23ClN2O3S. The Bertz CT molecular complexity index is 292. The van der Waals surface area contributed by atoms with Gasteiger partial charge in [-0.3, -0.25) is 0 Å². The zero-order chi connectivity index (χ0) is 12.0. The number of sulfonamides is 1. The van der Waals surface area contributed by atoms with Crippen LogP contribution in [0.1, 0.15) is 19.8 Å². The first-order chi connectivity index (χ1) is 7.53. The lowest BCUT2D eigenvalue weighted by Gasteiger charge is -2.23. The van der Waals surface area contributed by atoms with Crippen molar-refractivity contribution in [1.29, 1.82) is 0 Å². The normalized spacial score (nSPS) is 22.8. The highest BCUT2D eigenvalue weighted by atomic mass is 35.5. The Balaban J connectivity index is 0.00000256. The van der Waals surface area contributed by atoms with Gasteiger partial charge in [-0.05, 0) is 38.8 Å². The molecule has 1 saturated heterocycles. The molecule has 2 N–H and O–H groups in total. The largest absolute Gasteiger partial charge is 0.381 e. The van der Waals surface area contributed by atoms with Gasteiger partial charge in [0.05, 0.1) is 11.9 Å². The molecule has 17 heavy (non-hydrogen) atoms. The molecule has 1 aliphatic heterocycles. The topological polar surface area (TPSA) is 67.4 Å². The molecule has 0 aromatic rings. The average molecular weight is 287 g/mol. The summed E-state index contributed by atoms with van der Waals surface area (Å²) in [6.07, 6.45) is 1.96. The van der Waals surface area contributed by atoms with Gasteiger partial charge in [-0.15, -0.1) is 12.4 Å². The molecule has 0 radical (unpaired) electrons. The maximum atomic E-state index is 11.6. The van der Waals surface area contributed by atoms with Crippen molar-refractivity contribution >= 4 is 22.4 Å². The molecule has 1 rings (SSSR count). The predicted molar refractivity (Wildman–Crippen MR) is 71.1 cm³/mol. The van der Waals surface area contributed by atoms with Gasteiger partial charge in [-0.25, -0.2) is 13.1 Å². The molecule has 2 atom stereocenters. The van der Waals surface area contributed by atoms with Crippen molar-refractivity contribution in [3.8, 4) is 0 Å². The number of methoxy groups -OCH3 is 1. The molecule has 1 heterocycles. The fourth-order valence-electron chi connectivity index (χ4n) is 1.78. The van der Waals surface area contributed by atoms with E-state index in [4.69, 9.17) is 4.74 Å². The van der Waals surface area contributed by atoms with Gasteiger partial charge < -0.3 is 10.1 Å². The zero-order valence-corrected chi connectivity index (χ0v) is 12.1. The van der Waals surface area contributed by atoms with Crippen molar-refractivity contribution in [1.82, 2.24) is 10.0 Å². The van der Waals surface area contributed by atoms with Crippen LogP contribution in [-0.2, 0) is 14.8 Å². The summed E-state index contributed by atoms with van der Waals surface area (Å²) < 4.78 is 30.9. The van der Waals surface area contributed by atoms with E-state index in [0.717, 1.165) is 25.9 Å². The number of rotatable bonds is 6. The molecule has 7 heteroatoms. The van der Waals surface area contributed by atoms with Crippen LogP contribution in [0.15, 0.2) is 0 Å². The highest BCUT2D eigenvalue weighted by Crippen LogP contribution is 2.08. The first-order valence-corrected chi connectivity index (χ1v) is 7.39. The summed E-state index contributed by atoms with van der Waals surface area (Å²) in [5.74, 6) is 0.449. The van der Waals surface area contributed by atoms with Gasteiger partial charge >= 0.3 is 0 Å². The number of piperidine rings is 1. The van der Waals surface area contributed by atoms with Crippen LogP contribution in [0, 0.1) is 5.92 Å². The molecule has 1 aliphatic rings. The summed E-state index contributed by atoms with van der Waals surface area (Å²) in [5.41, 5.74) is 0. The van der Waals surface area contributed by atoms with E-state index in [-0.39, 0.29) is 24.3 Å². The van der Waals surface area contributed by atoms with Crippen molar-refractivity contribution in [2.24, 2.45) is 5.92 Å². The van der Waals surface area contributed by atoms with Crippen molar-refractivity contribution in [2.75, 3.05) is 32.5 Å².